The first-order valence-corrected chi connectivity index (χ1v) is 10.2. The Kier molecular flexibility index (Phi) is 5.06. The minimum absolute atomic E-state index is 0.143. The number of anilines is 1. The molecule has 164 valence electrons. The predicted molar refractivity (Wildman–Crippen MR) is 121 cm³/mol. The molecule has 9 heteroatoms. The zero-order chi connectivity index (χ0) is 22.9. The lowest BCUT2D eigenvalue weighted by atomic mass is 10.2. The molecule has 8 nitrogen and oxygen atoms in total. The van der Waals surface area contributed by atoms with Crippen LogP contribution in [0.25, 0.3) is 16.7 Å². The summed E-state index contributed by atoms with van der Waals surface area (Å²) >= 11 is 0. The number of amides is 1. The molecule has 0 bridgehead atoms. The predicted octanol–water partition coefficient (Wildman–Crippen LogP) is 3.92. The number of carbonyl (C=O) groups is 1. The zero-order valence-corrected chi connectivity index (χ0v) is 17.5. The summed E-state index contributed by atoms with van der Waals surface area (Å²) in [6, 6.07) is 20.0. The minimum Gasteiger partial charge on any atom is -0.436 e. The van der Waals surface area contributed by atoms with Crippen LogP contribution in [0.2, 0.25) is 0 Å². The molecule has 0 radical (unpaired) electrons. The second kappa shape index (κ2) is 8.19. The Labute approximate surface area is 186 Å². The first-order valence-electron chi connectivity index (χ1n) is 10.2. The average Bonchev–Trinajstić information content (AvgIpc) is 3.12. The molecule has 0 atom stereocenters. The fourth-order valence-corrected chi connectivity index (χ4v) is 3.52. The monoisotopic (exact) mass is 443 g/mol. The third-order valence-electron chi connectivity index (χ3n) is 5.08. The van der Waals surface area contributed by atoms with Crippen molar-refractivity contribution in [3.05, 3.63) is 94.7 Å². The lowest BCUT2D eigenvalue weighted by Crippen LogP contribution is -2.28. The molecule has 5 rings (SSSR count). The Morgan fingerprint density at radius 3 is 2.67 bits per heavy atom. The van der Waals surface area contributed by atoms with Gasteiger partial charge in [0.25, 0.3) is 5.88 Å². The Hall–Kier alpha value is -4.53. The number of ether oxygens (including phenoxy) is 1. The fraction of sp³-hybridized carbons (Fsp3) is 0.0833. The van der Waals surface area contributed by atoms with Crippen molar-refractivity contribution in [1.82, 2.24) is 19.2 Å². The summed E-state index contributed by atoms with van der Waals surface area (Å²) in [5, 5.41) is 6.90. The third kappa shape index (κ3) is 3.91. The van der Waals surface area contributed by atoms with Crippen LogP contribution in [0.5, 0.6) is 11.6 Å². The van der Waals surface area contributed by atoms with Crippen LogP contribution in [0.1, 0.15) is 5.56 Å². The van der Waals surface area contributed by atoms with E-state index in [1.807, 2.05) is 25.1 Å². The quantitative estimate of drug-likeness (QED) is 0.445. The second-order valence-electron chi connectivity index (χ2n) is 7.43. The number of nitrogens with one attached hydrogen (secondary N) is 1. The maximum Gasteiger partial charge on any atom is 0.351 e. The SMILES string of the molecule is Cc1ccccc1Oc1nc2ccccc2n2c(=O)n(CC(=O)Nc3cccc(F)c3)nc12. The van der Waals surface area contributed by atoms with Gasteiger partial charge in [-0.05, 0) is 48.9 Å². The van der Waals surface area contributed by atoms with Crippen LogP contribution in [-0.4, -0.2) is 25.1 Å². The number of aryl methyl sites for hydroxylation is 1. The normalized spacial score (nSPS) is 11.1. The zero-order valence-electron chi connectivity index (χ0n) is 17.5. The molecule has 33 heavy (non-hydrogen) atoms. The summed E-state index contributed by atoms with van der Waals surface area (Å²) in [5.41, 5.74) is 1.91. The molecule has 3 aromatic carbocycles. The molecule has 1 N–H and O–H groups in total. The van der Waals surface area contributed by atoms with Gasteiger partial charge in [-0.1, -0.05) is 36.4 Å². The largest absolute Gasteiger partial charge is 0.436 e. The van der Waals surface area contributed by atoms with Gasteiger partial charge in [-0.25, -0.2) is 23.3 Å². The summed E-state index contributed by atoms with van der Waals surface area (Å²) < 4.78 is 21.8. The van der Waals surface area contributed by atoms with Gasteiger partial charge in [0.05, 0.1) is 11.0 Å². The Bertz CT molecular complexity index is 1570. The summed E-state index contributed by atoms with van der Waals surface area (Å²) in [5.74, 6) is -0.282. The van der Waals surface area contributed by atoms with Crippen molar-refractivity contribution >= 4 is 28.3 Å². The van der Waals surface area contributed by atoms with Crippen molar-refractivity contribution in [3.63, 3.8) is 0 Å². The molecule has 5 aromatic rings. The van der Waals surface area contributed by atoms with Gasteiger partial charge in [-0.3, -0.25) is 4.79 Å². The number of rotatable bonds is 5. The number of halogens is 1. The van der Waals surface area contributed by atoms with Crippen LogP contribution < -0.4 is 15.7 Å². The molecule has 0 aliphatic rings. The van der Waals surface area contributed by atoms with E-state index in [2.05, 4.69) is 15.4 Å². The molecule has 1 amide bonds. The lowest BCUT2D eigenvalue weighted by molar-refractivity contribution is -0.117. The number of aromatic nitrogens is 4. The maximum atomic E-state index is 13.4. The molecular formula is C24H18FN5O3. The van der Waals surface area contributed by atoms with E-state index in [9.17, 15) is 14.0 Å². The first-order chi connectivity index (χ1) is 16.0. The molecule has 0 saturated heterocycles. The topological polar surface area (TPSA) is 90.5 Å². The van der Waals surface area contributed by atoms with E-state index >= 15 is 0 Å². The highest BCUT2D eigenvalue weighted by Crippen LogP contribution is 2.28. The van der Waals surface area contributed by atoms with Gasteiger partial charge < -0.3 is 10.1 Å². The third-order valence-corrected chi connectivity index (χ3v) is 5.08. The van der Waals surface area contributed by atoms with Crippen molar-refractivity contribution < 1.29 is 13.9 Å². The first kappa shape index (κ1) is 20.4. The molecule has 0 fully saturated rings. The van der Waals surface area contributed by atoms with E-state index in [-0.39, 0.29) is 23.8 Å². The molecule has 0 aliphatic carbocycles. The van der Waals surface area contributed by atoms with E-state index in [1.165, 1.54) is 22.6 Å². The van der Waals surface area contributed by atoms with Crippen LogP contribution in [0.4, 0.5) is 10.1 Å². The van der Waals surface area contributed by atoms with Crippen molar-refractivity contribution in [2.75, 3.05) is 5.32 Å². The Balaban J connectivity index is 1.57. The highest BCUT2D eigenvalue weighted by atomic mass is 19.1. The van der Waals surface area contributed by atoms with Crippen molar-refractivity contribution in [1.29, 1.82) is 0 Å². The number of fused-ring (bicyclic) bond motifs is 3. The van der Waals surface area contributed by atoms with Gasteiger partial charge in [0.15, 0.2) is 0 Å². The Morgan fingerprint density at radius 2 is 1.85 bits per heavy atom. The summed E-state index contributed by atoms with van der Waals surface area (Å²) in [6.45, 7) is 1.53. The number of hydrogen-bond donors (Lipinski definition) is 1. The van der Waals surface area contributed by atoms with Crippen LogP contribution in [-0.2, 0) is 11.3 Å². The number of nitrogens with zero attached hydrogens (tertiary/aromatic N) is 4. The maximum absolute atomic E-state index is 13.4. The van der Waals surface area contributed by atoms with Gasteiger partial charge in [-0.15, -0.1) is 5.10 Å². The minimum atomic E-state index is -0.523. The van der Waals surface area contributed by atoms with Gasteiger partial charge in [0, 0.05) is 5.69 Å². The molecule has 0 aliphatic heterocycles. The smallest absolute Gasteiger partial charge is 0.351 e. The van der Waals surface area contributed by atoms with Gasteiger partial charge in [0.2, 0.25) is 11.6 Å². The average molecular weight is 443 g/mol. The van der Waals surface area contributed by atoms with E-state index in [0.29, 0.717) is 16.8 Å². The van der Waals surface area contributed by atoms with E-state index in [1.54, 1.807) is 36.4 Å². The number of para-hydroxylation sites is 3. The summed E-state index contributed by atoms with van der Waals surface area (Å²) in [7, 11) is 0. The van der Waals surface area contributed by atoms with Crippen molar-refractivity contribution in [2.45, 2.75) is 13.5 Å². The lowest BCUT2D eigenvalue weighted by Gasteiger charge is -2.09. The van der Waals surface area contributed by atoms with Gasteiger partial charge in [-0.2, -0.15) is 0 Å². The van der Waals surface area contributed by atoms with Crippen LogP contribution >= 0.6 is 0 Å². The molecule has 2 heterocycles. The molecule has 2 aromatic heterocycles. The molecule has 0 unspecified atom stereocenters. The number of benzene rings is 3. The standard InChI is InChI=1S/C24H18FN5O3/c1-15-7-2-5-12-20(15)33-23-22-28-29(14-21(31)26-17-9-6-8-16(25)13-17)24(32)30(22)19-11-4-3-10-18(19)27-23/h2-13H,14H2,1H3,(H,26,31). The van der Waals surface area contributed by atoms with E-state index in [0.717, 1.165) is 10.2 Å². The van der Waals surface area contributed by atoms with E-state index in [4.69, 9.17) is 4.74 Å². The highest BCUT2D eigenvalue weighted by molar-refractivity contribution is 5.90. The molecular weight excluding hydrogens is 425 g/mol. The fourth-order valence-electron chi connectivity index (χ4n) is 3.52. The van der Waals surface area contributed by atoms with Crippen LogP contribution in [0.15, 0.2) is 77.6 Å². The molecule has 0 spiro atoms. The highest BCUT2D eigenvalue weighted by Gasteiger charge is 2.19. The van der Waals surface area contributed by atoms with Crippen LogP contribution in [0, 0.1) is 12.7 Å². The Morgan fingerprint density at radius 1 is 1.06 bits per heavy atom. The van der Waals surface area contributed by atoms with Gasteiger partial charge in [0.1, 0.15) is 18.1 Å². The van der Waals surface area contributed by atoms with Crippen LogP contribution in [0.3, 0.4) is 0 Å². The van der Waals surface area contributed by atoms with Crippen molar-refractivity contribution in [3.8, 4) is 11.6 Å². The second-order valence-corrected chi connectivity index (χ2v) is 7.43. The number of hydrogen-bond acceptors (Lipinski definition) is 5. The summed E-state index contributed by atoms with van der Waals surface area (Å²) in [4.78, 5) is 30.3. The van der Waals surface area contributed by atoms with Gasteiger partial charge >= 0.3 is 5.69 Å². The number of carbonyl (C=O) groups excluding carboxylic acids is 1. The summed E-state index contributed by atoms with van der Waals surface area (Å²) in [6.07, 6.45) is 0. The molecule has 0 saturated carbocycles. The van der Waals surface area contributed by atoms with Crippen molar-refractivity contribution in [2.24, 2.45) is 0 Å². The van der Waals surface area contributed by atoms with E-state index < -0.39 is 17.4 Å².